The van der Waals surface area contributed by atoms with E-state index >= 15 is 0 Å². The molecule has 6 nitrogen and oxygen atoms in total. The van der Waals surface area contributed by atoms with E-state index < -0.39 is 0 Å². The monoisotopic (exact) mass is 285 g/mol. The van der Waals surface area contributed by atoms with E-state index in [-0.39, 0.29) is 12.5 Å². The third-order valence-electron chi connectivity index (χ3n) is 3.42. The van der Waals surface area contributed by atoms with Crippen LogP contribution in [0.25, 0.3) is 0 Å². The summed E-state index contributed by atoms with van der Waals surface area (Å²) in [7, 11) is 0. The molecule has 0 atom stereocenters. The Morgan fingerprint density at radius 1 is 1.38 bits per heavy atom. The highest BCUT2D eigenvalue weighted by atomic mass is 16.2. The smallest absolute Gasteiger partial charge is 0.241 e. The van der Waals surface area contributed by atoms with Crippen molar-refractivity contribution in [3.63, 3.8) is 0 Å². The SMILES string of the molecule is Nc1ccccc1CNc1cnn(CC(=O)NC2CC2)c1. The van der Waals surface area contributed by atoms with Gasteiger partial charge in [-0.15, -0.1) is 0 Å². The number of anilines is 2. The van der Waals surface area contributed by atoms with Crippen molar-refractivity contribution < 1.29 is 4.79 Å². The molecule has 0 spiro atoms. The molecule has 6 heteroatoms. The summed E-state index contributed by atoms with van der Waals surface area (Å²) < 4.78 is 1.63. The molecule has 0 bridgehead atoms. The minimum Gasteiger partial charge on any atom is -0.398 e. The van der Waals surface area contributed by atoms with Gasteiger partial charge in [0.25, 0.3) is 0 Å². The van der Waals surface area contributed by atoms with Gasteiger partial charge in [0.1, 0.15) is 6.54 Å². The van der Waals surface area contributed by atoms with Gasteiger partial charge in [-0.2, -0.15) is 5.10 Å². The first-order chi connectivity index (χ1) is 10.2. The molecule has 1 aliphatic carbocycles. The van der Waals surface area contributed by atoms with Gasteiger partial charge < -0.3 is 16.4 Å². The summed E-state index contributed by atoms with van der Waals surface area (Å²) in [5, 5.41) is 10.4. The van der Waals surface area contributed by atoms with Crippen molar-refractivity contribution in [3.05, 3.63) is 42.2 Å². The first kappa shape index (κ1) is 13.5. The highest BCUT2D eigenvalue weighted by molar-refractivity contribution is 5.76. The van der Waals surface area contributed by atoms with Gasteiger partial charge >= 0.3 is 0 Å². The molecule has 110 valence electrons. The average molecular weight is 285 g/mol. The molecular weight excluding hydrogens is 266 g/mol. The van der Waals surface area contributed by atoms with Gasteiger partial charge in [-0.3, -0.25) is 9.48 Å². The normalized spacial score (nSPS) is 13.9. The van der Waals surface area contributed by atoms with Crippen LogP contribution in [-0.4, -0.2) is 21.7 Å². The Kier molecular flexibility index (Phi) is 3.77. The van der Waals surface area contributed by atoms with E-state index in [2.05, 4.69) is 15.7 Å². The minimum absolute atomic E-state index is 0.0134. The van der Waals surface area contributed by atoms with Gasteiger partial charge in [0, 0.05) is 24.5 Å². The molecule has 1 fully saturated rings. The largest absolute Gasteiger partial charge is 0.398 e. The van der Waals surface area contributed by atoms with Gasteiger partial charge in [-0.1, -0.05) is 18.2 Å². The summed E-state index contributed by atoms with van der Waals surface area (Å²) in [6.07, 6.45) is 5.72. The van der Waals surface area contributed by atoms with Gasteiger partial charge in [-0.25, -0.2) is 0 Å². The van der Waals surface area contributed by atoms with Crippen LogP contribution in [0.3, 0.4) is 0 Å². The second kappa shape index (κ2) is 5.87. The predicted octanol–water partition coefficient (Wildman–Crippen LogP) is 1.36. The first-order valence-electron chi connectivity index (χ1n) is 7.10. The Bertz CT molecular complexity index is 632. The zero-order valence-corrected chi connectivity index (χ0v) is 11.7. The maximum Gasteiger partial charge on any atom is 0.241 e. The predicted molar refractivity (Wildman–Crippen MR) is 81.6 cm³/mol. The van der Waals surface area contributed by atoms with Crippen LogP contribution >= 0.6 is 0 Å². The highest BCUT2D eigenvalue weighted by Crippen LogP contribution is 2.18. The van der Waals surface area contributed by atoms with E-state index in [1.165, 1.54) is 0 Å². The fraction of sp³-hybridized carbons (Fsp3) is 0.333. The quantitative estimate of drug-likeness (QED) is 0.700. The number of para-hydroxylation sites is 1. The Balaban J connectivity index is 1.52. The summed E-state index contributed by atoms with van der Waals surface area (Å²) in [5.74, 6) is 0.0134. The van der Waals surface area contributed by atoms with E-state index in [1.807, 2.05) is 30.5 Å². The fourth-order valence-corrected chi connectivity index (χ4v) is 2.08. The van der Waals surface area contributed by atoms with E-state index in [9.17, 15) is 4.79 Å². The van der Waals surface area contributed by atoms with Gasteiger partial charge in [0.15, 0.2) is 0 Å². The van der Waals surface area contributed by atoms with Crippen LogP contribution in [0.1, 0.15) is 18.4 Å². The molecule has 1 heterocycles. The van der Waals surface area contributed by atoms with Gasteiger partial charge in [0.05, 0.1) is 11.9 Å². The number of nitrogens with two attached hydrogens (primary N) is 1. The summed E-state index contributed by atoms with van der Waals surface area (Å²) in [6, 6.07) is 8.11. The fourth-order valence-electron chi connectivity index (χ4n) is 2.08. The standard InChI is InChI=1S/C15H19N5O/c16-14-4-2-1-3-11(14)7-17-13-8-18-20(9-13)10-15(21)19-12-5-6-12/h1-4,8-9,12,17H,5-7,10,16H2,(H,19,21). The van der Waals surface area contributed by atoms with Crippen molar-refractivity contribution in [1.29, 1.82) is 0 Å². The van der Waals surface area contributed by atoms with Crippen molar-refractivity contribution >= 4 is 17.3 Å². The van der Waals surface area contributed by atoms with Crippen LogP contribution in [-0.2, 0) is 17.9 Å². The Morgan fingerprint density at radius 2 is 2.19 bits per heavy atom. The topological polar surface area (TPSA) is 85.0 Å². The zero-order chi connectivity index (χ0) is 14.7. The van der Waals surface area contributed by atoms with Crippen molar-refractivity contribution in [2.24, 2.45) is 0 Å². The number of amides is 1. The lowest BCUT2D eigenvalue weighted by Gasteiger charge is -2.06. The number of carbonyl (C=O) groups excluding carboxylic acids is 1. The molecule has 21 heavy (non-hydrogen) atoms. The van der Waals surface area contributed by atoms with Crippen LogP contribution in [0, 0.1) is 0 Å². The molecule has 0 unspecified atom stereocenters. The molecule has 3 rings (SSSR count). The third-order valence-corrected chi connectivity index (χ3v) is 3.42. The molecule has 4 N–H and O–H groups in total. The maximum atomic E-state index is 11.7. The average Bonchev–Trinajstić information content (AvgIpc) is 3.16. The minimum atomic E-state index is 0.0134. The first-order valence-corrected chi connectivity index (χ1v) is 7.10. The number of aromatic nitrogens is 2. The summed E-state index contributed by atoms with van der Waals surface area (Å²) in [5.41, 5.74) is 8.57. The number of hydrogen-bond acceptors (Lipinski definition) is 4. The van der Waals surface area contributed by atoms with Crippen molar-refractivity contribution in [3.8, 4) is 0 Å². The second-order valence-corrected chi connectivity index (χ2v) is 5.32. The zero-order valence-electron chi connectivity index (χ0n) is 11.7. The second-order valence-electron chi connectivity index (χ2n) is 5.32. The van der Waals surface area contributed by atoms with Crippen LogP contribution < -0.4 is 16.4 Å². The number of nitrogens with one attached hydrogen (secondary N) is 2. The Labute approximate surface area is 123 Å². The number of hydrogen-bond donors (Lipinski definition) is 3. The Hall–Kier alpha value is -2.50. The van der Waals surface area contributed by atoms with Crippen molar-refractivity contribution in [2.45, 2.75) is 32.0 Å². The lowest BCUT2D eigenvalue weighted by Crippen LogP contribution is -2.29. The van der Waals surface area contributed by atoms with Crippen LogP contribution in [0.4, 0.5) is 11.4 Å². The highest BCUT2D eigenvalue weighted by Gasteiger charge is 2.23. The number of nitrogen functional groups attached to an aromatic ring is 1. The number of rotatable bonds is 6. The van der Waals surface area contributed by atoms with Crippen LogP contribution in [0.5, 0.6) is 0 Å². The van der Waals surface area contributed by atoms with E-state index in [0.29, 0.717) is 12.6 Å². The van der Waals surface area contributed by atoms with Crippen LogP contribution in [0.15, 0.2) is 36.7 Å². The summed E-state index contributed by atoms with van der Waals surface area (Å²) in [6.45, 7) is 0.887. The van der Waals surface area contributed by atoms with E-state index in [1.54, 1.807) is 10.9 Å². The van der Waals surface area contributed by atoms with E-state index in [4.69, 9.17) is 5.73 Å². The number of carbonyl (C=O) groups is 1. The molecule has 1 aromatic heterocycles. The molecule has 1 amide bonds. The third kappa shape index (κ3) is 3.75. The Morgan fingerprint density at radius 3 is 2.95 bits per heavy atom. The molecule has 0 radical (unpaired) electrons. The lowest BCUT2D eigenvalue weighted by atomic mass is 10.2. The van der Waals surface area contributed by atoms with Gasteiger partial charge in [0.2, 0.25) is 5.91 Å². The number of nitrogens with zero attached hydrogens (tertiary/aromatic N) is 2. The maximum absolute atomic E-state index is 11.7. The molecule has 1 aliphatic rings. The van der Waals surface area contributed by atoms with Crippen molar-refractivity contribution in [1.82, 2.24) is 15.1 Å². The summed E-state index contributed by atoms with van der Waals surface area (Å²) in [4.78, 5) is 11.7. The van der Waals surface area contributed by atoms with Gasteiger partial charge in [-0.05, 0) is 24.5 Å². The number of benzene rings is 1. The molecule has 0 aliphatic heterocycles. The van der Waals surface area contributed by atoms with Crippen LogP contribution in [0.2, 0.25) is 0 Å². The summed E-state index contributed by atoms with van der Waals surface area (Å²) >= 11 is 0. The molecule has 0 saturated heterocycles. The molecular formula is C15H19N5O. The van der Waals surface area contributed by atoms with Crippen molar-refractivity contribution in [2.75, 3.05) is 11.1 Å². The molecule has 1 aromatic carbocycles. The molecule has 2 aromatic rings. The molecule has 1 saturated carbocycles. The lowest BCUT2D eigenvalue weighted by molar-refractivity contribution is -0.122. The van der Waals surface area contributed by atoms with E-state index in [0.717, 1.165) is 29.8 Å².